The first-order valence-electron chi connectivity index (χ1n) is 8.66. The molecule has 0 N–H and O–H groups in total. The molecule has 1 aliphatic heterocycles. The number of hydrogen-bond donors (Lipinski definition) is 0. The van der Waals surface area contributed by atoms with E-state index in [1.54, 1.807) is 48.5 Å². The van der Waals surface area contributed by atoms with Gasteiger partial charge in [-0.05, 0) is 36.4 Å². The van der Waals surface area contributed by atoms with E-state index in [9.17, 15) is 19.7 Å². The summed E-state index contributed by atoms with van der Waals surface area (Å²) in [5.74, 6) is -0.609. The largest absolute Gasteiger partial charge is 0.436 e. The van der Waals surface area contributed by atoms with Gasteiger partial charge in [0.05, 0.1) is 21.7 Å². The molecule has 0 fully saturated rings. The molecule has 1 aliphatic rings. The first-order valence-corrected chi connectivity index (χ1v) is 8.66. The highest BCUT2D eigenvalue weighted by Gasteiger charge is 2.37. The van der Waals surface area contributed by atoms with Gasteiger partial charge < -0.3 is 4.42 Å². The second kappa shape index (κ2) is 6.10. The monoisotopic (exact) mass is 385 g/mol. The summed E-state index contributed by atoms with van der Waals surface area (Å²) in [6.45, 7) is 0. The molecule has 0 atom stereocenters. The molecule has 4 aromatic rings. The molecule has 140 valence electrons. The fourth-order valence-electron chi connectivity index (χ4n) is 3.34. The number of hydrogen-bond acceptors (Lipinski definition) is 6. The molecule has 5 rings (SSSR count). The van der Waals surface area contributed by atoms with Crippen molar-refractivity contribution in [1.82, 2.24) is 4.98 Å². The summed E-state index contributed by atoms with van der Waals surface area (Å²) in [5.41, 5.74) is 2.18. The quantitative estimate of drug-likeness (QED) is 0.297. The summed E-state index contributed by atoms with van der Waals surface area (Å²) in [4.78, 5) is 41.4. The number of amides is 2. The lowest BCUT2D eigenvalue weighted by Gasteiger charge is -2.13. The van der Waals surface area contributed by atoms with Crippen molar-refractivity contribution in [3.8, 4) is 11.5 Å². The number of carbonyl (C=O) groups is 2. The summed E-state index contributed by atoms with van der Waals surface area (Å²) < 4.78 is 5.68. The normalized spacial score (nSPS) is 13.2. The van der Waals surface area contributed by atoms with Gasteiger partial charge >= 0.3 is 0 Å². The summed E-state index contributed by atoms with van der Waals surface area (Å²) in [6.07, 6.45) is 0. The molecule has 3 aromatic carbocycles. The van der Waals surface area contributed by atoms with Crippen molar-refractivity contribution in [2.75, 3.05) is 4.90 Å². The third kappa shape index (κ3) is 2.58. The molecule has 0 saturated heterocycles. The Kier molecular flexibility index (Phi) is 3.53. The van der Waals surface area contributed by atoms with Crippen molar-refractivity contribution in [3.63, 3.8) is 0 Å². The fraction of sp³-hybridized carbons (Fsp3) is 0. The number of rotatable bonds is 3. The van der Waals surface area contributed by atoms with Crippen molar-refractivity contribution in [1.29, 1.82) is 0 Å². The zero-order chi connectivity index (χ0) is 20.1. The van der Waals surface area contributed by atoms with Crippen LogP contribution >= 0.6 is 0 Å². The number of fused-ring (bicyclic) bond motifs is 2. The molecule has 29 heavy (non-hydrogen) atoms. The fourth-order valence-corrected chi connectivity index (χ4v) is 3.34. The molecule has 0 spiro atoms. The molecule has 0 saturated carbocycles. The number of nitrogens with zero attached hydrogens (tertiary/aromatic N) is 3. The van der Waals surface area contributed by atoms with Crippen LogP contribution < -0.4 is 4.90 Å². The molecule has 0 aliphatic carbocycles. The van der Waals surface area contributed by atoms with Gasteiger partial charge in [0.25, 0.3) is 17.5 Å². The summed E-state index contributed by atoms with van der Waals surface area (Å²) >= 11 is 0. The van der Waals surface area contributed by atoms with Crippen LogP contribution in [0, 0.1) is 10.1 Å². The first kappa shape index (κ1) is 16.8. The van der Waals surface area contributed by atoms with E-state index >= 15 is 0 Å². The van der Waals surface area contributed by atoms with Gasteiger partial charge in [-0.2, -0.15) is 0 Å². The average molecular weight is 385 g/mol. The minimum absolute atomic E-state index is 0.0921. The molecule has 0 bridgehead atoms. The molecular formula is C21H11N3O5. The van der Waals surface area contributed by atoms with Crippen LogP contribution in [-0.2, 0) is 0 Å². The van der Waals surface area contributed by atoms with Crippen LogP contribution in [0.4, 0.5) is 11.4 Å². The number of aromatic nitrogens is 1. The maximum atomic E-state index is 12.9. The van der Waals surface area contributed by atoms with Crippen LogP contribution in [0.2, 0.25) is 0 Å². The molecule has 8 heteroatoms. The minimum atomic E-state index is -0.508. The maximum absolute atomic E-state index is 12.9. The zero-order valence-corrected chi connectivity index (χ0v) is 14.7. The van der Waals surface area contributed by atoms with Crippen LogP contribution in [0.25, 0.3) is 22.6 Å². The van der Waals surface area contributed by atoms with Crippen molar-refractivity contribution >= 4 is 34.3 Å². The predicted molar refractivity (Wildman–Crippen MR) is 104 cm³/mol. The van der Waals surface area contributed by atoms with Crippen LogP contribution in [0.3, 0.4) is 0 Å². The third-order valence-corrected chi connectivity index (χ3v) is 4.73. The van der Waals surface area contributed by atoms with Crippen LogP contribution in [0.15, 0.2) is 71.1 Å². The summed E-state index contributed by atoms with van der Waals surface area (Å²) in [6, 6.07) is 17.6. The third-order valence-electron chi connectivity index (χ3n) is 4.73. The lowest BCUT2D eigenvalue weighted by molar-refractivity contribution is -0.384. The Hall–Kier alpha value is -4.33. The van der Waals surface area contributed by atoms with E-state index in [2.05, 4.69) is 4.98 Å². The predicted octanol–water partition coefficient (Wildman–Crippen LogP) is 4.20. The molecule has 0 radical (unpaired) electrons. The van der Waals surface area contributed by atoms with Gasteiger partial charge in [-0.1, -0.05) is 18.2 Å². The van der Waals surface area contributed by atoms with Crippen molar-refractivity contribution < 1.29 is 18.9 Å². The lowest BCUT2D eigenvalue weighted by Crippen LogP contribution is -2.29. The average Bonchev–Trinajstić information content (AvgIpc) is 3.27. The standard InChI is InChI=1S/C21H11N3O5/c25-20-15-8-6-12(10-16(15)21(26)23(20)13-4-2-1-3-5-13)19-22-17-11-14(24(27)28)7-9-18(17)29-19/h1-11H. The Morgan fingerprint density at radius 3 is 2.41 bits per heavy atom. The van der Waals surface area contributed by atoms with Gasteiger partial charge in [0, 0.05) is 17.7 Å². The second-order valence-electron chi connectivity index (χ2n) is 6.47. The second-order valence-corrected chi connectivity index (χ2v) is 6.47. The number of carbonyl (C=O) groups excluding carboxylic acids is 2. The smallest absolute Gasteiger partial charge is 0.271 e. The molecule has 8 nitrogen and oxygen atoms in total. The zero-order valence-electron chi connectivity index (χ0n) is 14.7. The molecular weight excluding hydrogens is 374 g/mol. The Morgan fingerprint density at radius 1 is 0.897 bits per heavy atom. The van der Waals surface area contributed by atoms with Crippen molar-refractivity contribution in [3.05, 3.63) is 88.0 Å². The Labute approximate surface area is 163 Å². The van der Waals surface area contributed by atoms with Gasteiger partial charge in [-0.15, -0.1) is 0 Å². The van der Waals surface area contributed by atoms with E-state index in [1.165, 1.54) is 18.2 Å². The summed E-state index contributed by atoms with van der Waals surface area (Å²) in [5, 5.41) is 10.9. The Bertz CT molecular complexity index is 1330. The SMILES string of the molecule is O=C1c2ccc(-c3nc4cc([N+](=O)[O-])ccc4o3)cc2C(=O)N1c1ccccc1. The Morgan fingerprint density at radius 2 is 1.66 bits per heavy atom. The lowest BCUT2D eigenvalue weighted by atomic mass is 10.1. The molecule has 2 amide bonds. The highest BCUT2D eigenvalue weighted by molar-refractivity contribution is 6.34. The highest BCUT2D eigenvalue weighted by Crippen LogP contribution is 2.33. The van der Waals surface area contributed by atoms with E-state index in [0.717, 1.165) is 4.90 Å². The number of oxazole rings is 1. The number of benzene rings is 3. The van der Waals surface area contributed by atoms with Gasteiger partial charge in [-0.25, -0.2) is 9.88 Å². The van der Waals surface area contributed by atoms with Crippen molar-refractivity contribution in [2.45, 2.75) is 0 Å². The van der Waals surface area contributed by atoms with Gasteiger partial charge in [-0.3, -0.25) is 19.7 Å². The molecule has 1 aromatic heterocycles. The Balaban J connectivity index is 1.57. The number of non-ortho nitro benzene ring substituents is 1. The number of nitro groups is 1. The number of imide groups is 1. The van der Waals surface area contributed by atoms with E-state index in [-0.39, 0.29) is 17.1 Å². The molecule has 0 unspecified atom stereocenters. The number of para-hydroxylation sites is 1. The van der Waals surface area contributed by atoms with E-state index in [1.807, 2.05) is 0 Å². The highest BCUT2D eigenvalue weighted by atomic mass is 16.6. The first-order chi connectivity index (χ1) is 14.0. The van der Waals surface area contributed by atoms with E-state index in [0.29, 0.717) is 27.9 Å². The van der Waals surface area contributed by atoms with E-state index in [4.69, 9.17) is 4.42 Å². The van der Waals surface area contributed by atoms with Crippen molar-refractivity contribution in [2.24, 2.45) is 0 Å². The summed E-state index contributed by atoms with van der Waals surface area (Å²) in [7, 11) is 0. The van der Waals surface area contributed by atoms with Crippen LogP contribution in [0.1, 0.15) is 20.7 Å². The van der Waals surface area contributed by atoms with Crippen LogP contribution in [-0.4, -0.2) is 21.7 Å². The minimum Gasteiger partial charge on any atom is -0.436 e. The topological polar surface area (TPSA) is 107 Å². The van der Waals surface area contributed by atoms with Crippen LogP contribution in [0.5, 0.6) is 0 Å². The maximum Gasteiger partial charge on any atom is 0.271 e. The van der Waals surface area contributed by atoms with Gasteiger partial charge in [0.1, 0.15) is 5.52 Å². The number of anilines is 1. The van der Waals surface area contributed by atoms with Gasteiger partial charge in [0.15, 0.2) is 5.58 Å². The number of nitro benzene ring substituents is 1. The molecule has 2 heterocycles. The van der Waals surface area contributed by atoms with E-state index < -0.39 is 16.7 Å². The van der Waals surface area contributed by atoms with Gasteiger partial charge in [0.2, 0.25) is 5.89 Å².